The van der Waals surface area contributed by atoms with E-state index in [9.17, 15) is 4.79 Å². The van der Waals surface area contributed by atoms with Gasteiger partial charge in [0, 0.05) is 25.5 Å². The van der Waals surface area contributed by atoms with Crippen molar-refractivity contribution < 1.29 is 9.53 Å². The summed E-state index contributed by atoms with van der Waals surface area (Å²) in [7, 11) is 0. The minimum absolute atomic E-state index is 0.0103. The van der Waals surface area contributed by atoms with E-state index in [1.165, 1.54) is 0 Å². The smallest absolute Gasteiger partial charge is 0.249 e. The molecule has 3 rings (SSSR count). The molecular formula is C17H18N2O2. The molecule has 1 amide bonds. The lowest BCUT2D eigenvalue weighted by molar-refractivity contribution is -0.130. The molecule has 0 radical (unpaired) electrons. The van der Waals surface area contributed by atoms with Gasteiger partial charge in [-0.2, -0.15) is 0 Å². The highest BCUT2D eigenvalue weighted by Crippen LogP contribution is 2.18. The molecule has 2 heterocycles. The maximum Gasteiger partial charge on any atom is 0.249 e. The van der Waals surface area contributed by atoms with Crippen LogP contribution >= 0.6 is 0 Å². The highest BCUT2D eigenvalue weighted by atomic mass is 16.5. The van der Waals surface area contributed by atoms with E-state index in [1.54, 1.807) is 6.20 Å². The van der Waals surface area contributed by atoms with E-state index in [4.69, 9.17) is 4.74 Å². The first-order chi connectivity index (χ1) is 10.3. The summed E-state index contributed by atoms with van der Waals surface area (Å²) in [5.41, 5.74) is 3.29. The summed E-state index contributed by atoms with van der Waals surface area (Å²) in [6.45, 7) is 1.23. The zero-order valence-corrected chi connectivity index (χ0v) is 11.8. The van der Waals surface area contributed by atoms with Crippen LogP contribution in [0.5, 0.6) is 0 Å². The Morgan fingerprint density at radius 3 is 2.76 bits per heavy atom. The third kappa shape index (κ3) is 3.47. The first-order valence-electron chi connectivity index (χ1n) is 7.21. The Morgan fingerprint density at radius 2 is 2.10 bits per heavy atom. The number of pyridine rings is 1. The third-order valence-electron chi connectivity index (χ3n) is 3.64. The third-order valence-corrected chi connectivity index (χ3v) is 3.64. The Kier molecular flexibility index (Phi) is 4.26. The predicted octanol–water partition coefficient (Wildman–Crippen LogP) is 2.54. The number of rotatable bonds is 4. The molecule has 1 N–H and O–H groups in total. The number of nitrogens with zero attached hydrogens (tertiary/aromatic N) is 1. The second-order valence-electron chi connectivity index (χ2n) is 5.16. The first-order valence-corrected chi connectivity index (χ1v) is 7.21. The van der Waals surface area contributed by atoms with Crippen LogP contribution in [0.1, 0.15) is 18.4 Å². The molecule has 0 saturated carbocycles. The highest BCUT2D eigenvalue weighted by molar-refractivity contribution is 5.80. The lowest BCUT2D eigenvalue weighted by atomic mass is 10.1. The maximum absolute atomic E-state index is 11.9. The Bertz CT molecular complexity index is 590. The molecule has 0 aliphatic carbocycles. The number of aromatic nitrogens is 1. The van der Waals surface area contributed by atoms with Crippen LogP contribution in [0.3, 0.4) is 0 Å². The number of hydrogen-bond donors (Lipinski definition) is 1. The number of nitrogens with one attached hydrogen (secondary N) is 1. The second-order valence-corrected chi connectivity index (χ2v) is 5.16. The van der Waals surface area contributed by atoms with Crippen LogP contribution in [0.2, 0.25) is 0 Å². The predicted molar refractivity (Wildman–Crippen MR) is 80.5 cm³/mol. The normalized spacial score (nSPS) is 17.6. The summed E-state index contributed by atoms with van der Waals surface area (Å²) >= 11 is 0. The van der Waals surface area contributed by atoms with Crippen molar-refractivity contribution in [3.63, 3.8) is 0 Å². The van der Waals surface area contributed by atoms with Gasteiger partial charge >= 0.3 is 0 Å². The molecule has 2 aromatic rings. The monoisotopic (exact) mass is 282 g/mol. The Labute approximate surface area is 124 Å². The Morgan fingerprint density at radius 1 is 1.24 bits per heavy atom. The molecule has 1 unspecified atom stereocenters. The molecule has 4 heteroatoms. The van der Waals surface area contributed by atoms with Crippen molar-refractivity contribution in [1.29, 1.82) is 0 Å². The van der Waals surface area contributed by atoms with E-state index in [2.05, 4.69) is 10.3 Å². The van der Waals surface area contributed by atoms with Crippen molar-refractivity contribution in [2.24, 2.45) is 0 Å². The van der Waals surface area contributed by atoms with E-state index in [0.29, 0.717) is 13.2 Å². The molecule has 4 nitrogen and oxygen atoms in total. The standard InChI is InChI=1S/C17H18N2O2/c20-17(16-4-2-10-21-16)19-11-13-5-7-14(8-6-13)15-3-1-9-18-12-15/h1,3,5-9,12,16H,2,4,10-11H2,(H,19,20). The lowest BCUT2D eigenvalue weighted by Crippen LogP contribution is -2.33. The minimum Gasteiger partial charge on any atom is -0.368 e. The summed E-state index contributed by atoms with van der Waals surface area (Å²) in [4.78, 5) is 16.0. The van der Waals surface area contributed by atoms with Gasteiger partial charge in [0.25, 0.3) is 0 Å². The van der Waals surface area contributed by atoms with Crippen LogP contribution in [-0.4, -0.2) is 23.6 Å². The van der Waals surface area contributed by atoms with Crippen LogP contribution in [-0.2, 0) is 16.1 Å². The molecule has 21 heavy (non-hydrogen) atoms. The van der Waals surface area contributed by atoms with Crippen LogP contribution in [0, 0.1) is 0 Å². The first kappa shape index (κ1) is 13.8. The SMILES string of the molecule is O=C(NCc1ccc(-c2cccnc2)cc1)C1CCCO1. The second kappa shape index (κ2) is 6.50. The lowest BCUT2D eigenvalue weighted by Gasteiger charge is -2.10. The van der Waals surface area contributed by atoms with Crippen molar-refractivity contribution in [2.45, 2.75) is 25.5 Å². The minimum atomic E-state index is -0.264. The zero-order valence-electron chi connectivity index (χ0n) is 11.8. The number of benzene rings is 1. The topological polar surface area (TPSA) is 51.2 Å². The molecule has 1 aliphatic heterocycles. The van der Waals surface area contributed by atoms with Crippen LogP contribution in [0.4, 0.5) is 0 Å². The van der Waals surface area contributed by atoms with Crippen molar-refractivity contribution in [2.75, 3.05) is 6.61 Å². The molecule has 1 aromatic carbocycles. The van der Waals surface area contributed by atoms with E-state index in [1.807, 2.05) is 42.6 Å². The van der Waals surface area contributed by atoms with Crippen molar-refractivity contribution >= 4 is 5.91 Å². The molecule has 108 valence electrons. The van der Waals surface area contributed by atoms with E-state index in [-0.39, 0.29) is 12.0 Å². The van der Waals surface area contributed by atoms with E-state index in [0.717, 1.165) is 29.5 Å². The quantitative estimate of drug-likeness (QED) is 0.937. The molecule has 0 bridgehead atoms. The van der Waals surface area contributed by atoms with Gasteiger partial charge in [-0.25, -0.2) is 0 Å². The Hall–Kier alpha value is -2.20. The van der Waals surface area contributed by atoms with Crippen molar-refractivity contribution in [3.8, 4) is 11.1 Å². The largest absolute Gasteiger partial charge is 0.368 e. The maximum atomic E-state index is 11.9. The van der Waals surface area contributed by atoms with Gasteiger partial charge in [-0.15, -0.1) is 0 Å². The molecule has 0 spiro atoms. The van der Waals surface area contributed by atoms with Gasteiger partial charge in [0.15, 0.2) is 0 Å². The van der Waals surface area contributed by atoms with Gasteiger partial charge in [-0.1, -0.05) is 30.3 Å². The summed E-state index contributed by atoms with van der Waals surface area (Å²) in [6.07, 6.45) is 5.13. The van der Waals surface area contributed by atoms with Crippen LogP contribution in [0.15, 0.2) is 48.8 Å². The summed E-state index contributed by atoms with van der Waals surface area (Å²) < 4.78 is 5.36. The number of carbonyl (C=O) groups excluding carboxylic acids is 1. The molecular weight excluding hydrogens is 264 g/mol. The van der Waals surface area contributed by atoms with Gasteiger partial charge in [-0.3, -0.25) is 9.78 Å². The molecule has 1 aliphatic rings. The summed E-state index contributed by atoms with van der Waals surface area (Å²) in [5.74, 6) is -0.0103. The van der Waals surface area contributed by atoms with Gasteiger partial charge in [0.05, 0.1) is 0 Å². The fourth-order valence-electron chi connectivity index (χ4n) is 2.44. The van der Waals surface area contributed by atoms with Gasteiger partial charge in [-0.05, 0) is 35.6 Å². The van der Waals surface area contributed by atoms with Crippen molar-refractivity contribution in [1.82, 2.24) is 10.3 Å². The average Bonchev–Trinajstić information content (AvgIpc) is 3.08. The molecule has 1 atom stereocenters. The molecule has 1 aromatic heterocycles. The van der Waals surface area contributed by atoms with Crippen LogP contribution in [0.25, 0.3) is 11.1 Å². The van der Waals surface area contributed by atoms with Gasteiger partial charge in [0.2, 0.25) is 5.91 Å². The van der Waals surface area contributed by atoms with Gasteiger partial charge < -0.3 is 10.1 Å². The summed E-state index contributed by atoms with van der Waals surface area (Å²) in [6, 6.07) is 12.1. The number of carbonyl (C=O) groups is 1. The molecule has 1 fully saturated rings. The molecule has 1 saturated heterocycles. The summed E-state index contributed by atoms with van der Waals surface area (Å²) in [5, 5.41) is 2.92. The number of hydrogen-bond acceptors (Lipinski definition) is 3. The average molecular weight is 282 g/mol. The Balaban J connectivity index is 1.58. The number of ether oxygens (including phenoxy) is 1. The zero-order chi connectivity index (χ0) is 14.5. The highest BCUT2D eigenvalue weighted by Gasteiger charge is 2.22. The van der Waals surface area contributed by atoms with Crippen molar-refractivity contribution in [3.05, 3.63) is 54.4 Å². The van der Waals surface area contributed by atoms with Gasteiger partial charge in [0.1, 0.15) is 6.10 Å². The fourth-order valence-corrected chi connectivity index (χ4v) is 2.44. The van der Waals surface area contributed by atoms with E-state index < -0.39 is 0 Å². The number of amides is 1. The van der Waals surface area contributed by atoms with Crippen LogP contribution < -0.4 is 5.32 Å². The fraction of sp³-hybridized carbons (Fsp3) is 0.294. The van der Waals surface area contributed by atoms with E-state index >= 15 is 0 Å².